The maximum atomic E-state index is 14.5. The molecule has 0 radical (unpaired) electrons. The number of hydrogen-bond acceptors (Lipinski definition) is 11. The van der Waals surface area contributed by atoms with Crippen LogP contribution in [-0.2, 0) is 22.7 Å². The number of carbonyl (C=O) groups excluding carboxylic acids is 1. The van der Waals surface area contributed by atoms with Crippen LogP contribution in [0.4, 0.5) is 32.0 Å². The number of hydrogen-bond donors (Lipinski definition) is 1. The molecule has 6 rings (SSSR count). The first-order chi connectivity index (χ1) is 26.8. The van der Waals surface area contributed by atoms with Crippen LogP contribution in [0.25, 0.3) is 32.2 Å². The fraction of sp³-hybridized carbons (Fsp3) is 0.361. The number of piperazine rings is 1. The molecule has 0 saturated carbocycles. The number of alkyl halides is 6. The van der Waals surface area contributed by atoms with Crippen molar-refractivity contribution in [3.63, 3.8) is 0 Å². The molecular weight excluding hydrogens is 824 g/mol. The smallest absolute Gasteiger partial charge is 0.418 e. The summed E-state index contributed by atoms with van der Waals surface area (Å²) < 4.78 is 115. The molecule has 0 unspecified atom stereocenters. The minimum absolute atomic E-state index is 0.0234. The third kappa shape index (κ3) is 9.27. The van der Waals surface area contributed by atoms with Crippen LogP contribution in [0.5, 0.6) is 5.75 Å². The van der Waals surface area contributed by atoms with Gasteiger partial charge in [0.15, 0.2) is 0 Å². The van der Waals surface area contributed by atoms with E-state index in [0.29, 0.717) is 26.6 Å². The Balaban J connectivity index is 1.30. The molecule has 1 fully saturated rings. The maximum absolute atomic E-state index is 14.5. The number of pyridine rings is 1. The highest BCUT2D eigenvalue weighted by Gasteiger charge is 2.39. The minimum Gasteiger partial charge on any atom is -0.491 e. The van der Waals surface area contributed by atoms with Crippen LogP contribution in [0.15, 0.2) is 46.7 Å². The summed E-state index contributed by atoms with van der Waals surface area (Å²) in [5.41, 5.74) is -1.96. The molecule has 0 bridgehead atoms. The normalized spacial score (nSPS) is 14.3. The number of aromatic nitrogens is 3. The summed E-state index contributed by atoms with van der Waals surface area (Å²) in [7, 11) is -3.85. The van der Waals surface area contributed by atoms with Gasteiger partial charge in [0, 0.05) is 60.3 Å². The summed E-state index contributed by atoms with van der Waals surface area (Å²) in [6.45, 7) is 1.48. The quantitative estimate of drug-likeness (QED) is 0.141. The number of ether oxygens (including phenoxy) is 1. The first-order valence-corrected chi connectivity index (χ1v) is 20.3. The van der Waals surface area contributed by atoms with Gasteiger partial charge >= 0.3 is 12.4 Å². The van der Waals surface area contributed by atoms with E-state index in [1.165, 1.54) is 28.0 Å². The van der Waals surface area contributed by atoms with E-state index in [1.54, 1.807) is 29.2 Å². The summed E-state index contributed by atoms with van der Waals surface area (Å²) in [4.78, 5) is 38.4. The van der Waals surface area contributed by atoms with Crippen LogP contribution in [0.2, 0.25) is 5.02 Å². The van der Waals surface area contributed by atoms with Gasteiger partial charge in [-0.1, -0.05) is 11.6 Å². The number of thiophene rings is 1. The molecule has 302 valence electrons. The number of sulfonamides is 1. The zero-order valence-corrected chi connectivity index (χ0v) is 32.5. The molecule has 1 N–H and O–H groups in total. The number of carbonyl (C=O) groups is 1. The number of nitriles is 1. The second-order valence-electron chi connectivity index (χ2n) is 13.2. The van der Waals surface area contributed by atoms with Crippen molar-refractivity contribution < 1.29 is 44.3 Å². The second kappa shape index (κ2) is 16.1. The lowest BCUT2D eigenvalue weighted by atomic mass is 10.00. The lowest BCUT2D eigenvalue weighted by Crippen LogP contribution is -2.47. The van der Waals surface area contributed by atoms with Gasteiger partial charge in [-0.3, -0.25) is 24.0 Å². The van der Waals surface area contributed by atoms with Crippen LogP contribution >= 0.6 is 22.9 Å². The van der Waals surface area contributed by atoms with E-state index in [1.807, 2.05) is 10.8 Å². The van der Waals surface area contributed by atoms with Gasteiger partial charge in [-0.2, -0.15) is 31.6 Å². The molecule has 0 atom stereocenters. The predicted molar refractivity (Wildman–Crippen MR) is 202 cm³/mol. The molecule has 5 aromatic rings. The van der Waals surface area contributed by atoms with Crippen LogP contribution in [0.3, 0.4) is 0 Å². The second-order valence-corrected chi connectivity index (χ2v) is 16.3. The third-order valence-electron chi connectivity index (χ3n) is 9.23. The average Bonchev–Trinajstić information content (AvgIpc) is 3.56. The van der Waals surface area contributed by atoms with Gasteiger partial charge in [0.2, 0.25) is 10.0 Å². The Hall–Kier alpha value is -4.97. The van der Waals surface area contributed by atoms with Gasteiger partial charge in [0.25, 0.3) is 11.5 Å². The number of amides is 1. The highest BCUT2D eigenvalue weighted by atomic mass is 35.5. The summed E-state index contributed by atoms with van der Waals surface area (Å²) in [6, 6.07) is 8.96. The Morgan fingerprint density at radius 1 is 1.07 bits per heavy atom. The van der Waals surface area contributed by atoms with Crippen molar-refractivity contribution >= 4 is 65.7 Å². The van der Waals surface area contributed by atoms with E-state index >= 15 is 0 Å². The summed E-state index contributed by atoms with van der Waals surface area (Å²) in [6.07, 6.45) is -8.12. The Kier molecular flexibility index (Phi) is 11.8. The standard InChI is InChI=1S/C36H32ClF6N7O5S2/c1-20-46-27-17-26(36(41,42)43)31(49-12-10-48(11-13-49)9-3-7-35(38,39)40)24(18-44)29(27)34(52)50(20)14-15-55-28-5-4-21(37)16-23(28)22-6-8-45-30-25(19-56-32(22)30)33(51)47-57(2,53)54/h4-6,8,16-17,19H,3,7,9-15H2,1-2H3,(H,47,51). The van der Waals surface area contributed by atoms with Crippen molar-refractivity contribution in [1.82, 2.24) is 24.2 Å². The first-order valence-electron chi connectivity index (χ1n) is 17.2. The molecule has 12 nitrogen and oxygen atoms in total. The number of aryl methyl sites for hydroxylation is 1. The van der Waals surface area contributed by atoms with Crippen molar-refractivity contribution in [2.24, 2.45) is 0 Å². The van der Waals surface area contributed by atoms with E-state index in [9.17, 15) is 49.6 Å². The molecule has 4 heterocycles. The van der Waals surface area contributed by atoms with E-state index in [4.69, 9.17) is 16.3 Å². The lowest BCUT2D eigenvalue weighted by molar-refractivity contribution is -0.137. The Morgan fingerprint density at radius 2 is 1.79 bits per heavy atom. The van der Waals surface area contributed by atoms with Crippen LogP contribution in [0.1, 0.15) is 40.2 Å². The Morgan fingerprint density at radius 3 is 2.44 bits per heavy atom. The minimum atomic E-state index is -4.93. The van der Waals surface area contributed by atoms with Crippen molar-refractivity contribution in [1.29, 1.82) is 5.26 Å². The van der Waals surface area contributed by atoms with Gasteiger partial charge in [-0.25, -0.2) is 18.1 Å². The zero-order chi connectivity index (χ0) is 41.4. The molecule has 57 heavy (non-hydrogen) atoms. The maximum Gasteiger partial charge on any atom is 0.418 e. The highest BCUT2D eigenvalue weighted by Crippen LogP contribution is 2.42. The van der Waals surface area contributed by atoms with Crippen LogP contribution < -0.4 is 19.9 Å². The molecule has 2 aromatic carbocycles. The summed E-state index contributed by atoms with van der Waals surface area (Å²) >= 11 is 7.50. The molecule has 1 amide bonds. The van der Waals surface area contributed by atoms with Gasteiger partial charge in [0.1, 0.15) is 24.3 Å². The van der Waals surface area contributed by atoms with Crippen molar-refractivity contribution in [2.45, 2.75) is 38.7 Å². The number of halogens is 7. The predicted octanol–water partition coefficient (Wildman–Crippen LogP) is 6.76. The number of rotatable bonds is 11. The highest BCUT2D eigenvalue weighted by molar-refractivity contribution is 7.89. The number of benzene rings is 2. The molecule has 21 heteroatoms. The Bertz CT molecular complexity index is 2580. The monoisotopic (exact) mass is 855 g/mol. The Labute approximate surface area is 330 Å². The molecule has 0 spiro atoms. The van der Waals surface area contributed by atoms with E-state index in [0.717, 1.165) is 23.7 Å². The molecular formula is C36H32ClF6N7O5S2. The van der Waals surface area contributed by atoms with E-state index in [2.05, 4.69) is 9.97 Å². The van der Waals surface area contributed by atoms with Crippen LogP contribution in [-0.4, -0.2) is 85.5 Å². The lowest BCUT2D eigenvalue weighted by Gasteiger charge is -2.37. The largest absolute Gasteiger partial charge is 0.491 e. The van der Waals surface area contributed by atoms with Gasteiger partial charge in [-0.05, 0) is 50.2 Å². The molecule has 1 saturated heterocycles. The van der Waals surface area contributed by atoms with Gasteiger partial charge in [-0.15, -0.1) is 11.3 Å². The van der Waals surface area contributed by atoms with E-state index < -0.39 is 57.1 Å². The topological polar surface area (TPSA) is 151 Å². The number of nitrogens with zero attached hydrogens (tertiary/aromatic N) is 6. The third-order valence-corrected chi connectivity index (χ3v) is 11.0. The first kappa shape index (κ1) is 41.7. The number of anilines is 1. The summed E-state index contributed by atoms with van der Waals surface area (Å²) in [5, 5.41) is 11.8. The fourth-order valence-electron chi connectivity index (χ4n) is 6.71. The van der Waals surface area contributed by atoms with Gasteiger partial charge < -0.3 is 9.64 Å². The van der Waals surface area contributed by atoms with Crippen molar-refractivity contribution in [3.05, 3.63) is 79.8 Å². The van der Waals surface area contributed by atoms with Crippen LogP contribution in [0, 0.1) is 18.3 Å². The van der Waals surface area contributed by atoms with E-state index in [-0.39, 0.29) is 80.1 Å². The molecule has 1 aliphatic rings. The fourth-order valence-corrected chi connectivity index (χ4v) is 8.36. The van der Waals surface area contributed by atoms with Crippen molar-refractivity contribution in [2.75, 3.05) is 50.5 Å². The van der Waals surface area contributed by atoms with Gasteiger partial charge in [0.05, 0.1) is 56.3 Å². The molecule has 3 aromatic heterocycles. The zero-order valence-electron chi connectivity index (χ0n) is 30.1. The number of nitrogens with one attached hydrogen (secondary N) is 1. The average molecular weight is 856 g/mol. The SMILES string of the molecule is Cc1nc2cc(C(F)(F)F)c(N3CCN(CCCC(F)(F)F)CC3)c(C#N)c2c(=O)n1CCOc1ccc(Cl)cc1-c1ccnc2c(C(=O)NS(C)(=O)=O)csc12. The molecule has 1 aliphatic heterocycles. The van der Waals surface area contributed by atoms with Crippen molar-refractivity contribution in [3.8, 4) is 22.9 Å². The number of fused-ring (bicyclic) bond motifs is 2. The molecule has 0 aliphatic carbocycles. The summed E-state index contributed by atoms with van der Waals surface area (Å²) in [5.74, 6) is -0.504.